The average molecular weight is 286 g/mol. The van der Waals surface area contributed by atoms with E-state index in [4.69, 9.17) is 11.6 Å². The van der Waals surface area contributed by atoms with Gasteiger partial charge in [-0.25, -0.2) is 13.1 Å². The Hall–Kier alpha value is -1.64. The summed E-state index contributed by atoms with van der Waals surface area (Å²) in [6, 6.07) is 6.19. The molecule has 1 amide bonds. The zero-order chi connectivity index (χ0) is 14.7. The molecule has 0 aliphatic rings. The van der Waals surface area contributed by atoms with Crippen molar-refractivity contribution in [2.75, 3.05) is 5.43 Å². The average Bonchev–Trinajstić information content (AvgIpc) is 2.25. The summed E-state index contributed by atoms with van der Waals surface area (Å²) in [7, 11) is -3.81. The van der Waals surface area contributed by atoms with Gasteiger partial charge in [0, 0.05) is 12.0 Å². The Morgan fingerprint density at radius 1 is 1.32 bits per heavy atom. The Bertz CT molecular complexity index is 569. The first-order valence-electron chi connectivity index (χ1n) is 5.56. The van der Waals surface area contributed by atoms with E-state index in [1.165, 1.54) is 12.1 Å². The van der Waals surface area contributed by atoms with E-state index in [1.54, 1.807) is 26.0 Å². The number of amides is 1. The second kappa shape index (κ2) is 5.55. The van der Waals surface area contributed by atoms with Gasteiger partial charge >= 0.3 is 0 Å². The molecule has 106 valence electrons. The molecule has 8 heteroatoms. The molecule has 0 radical (unpaired) electrons. The van der Waals surface area contributed by atoms with E-state index in [2.05, 4.69) is 10.1 Å². The number of anilines is 1. The standard InChI is InChI=1S/C11H18N4O3S/c1-11(2,7-10(12)16)15-19(17,18)9-6-4-3-5-8(9)14-13/h3-6,14-15H,7,13H2,1-2H3,(H2,12,16). The number of rotatable bonds is 6. The van der Waals surface area contributed by atoms with Crippen LogP contribution in [0.25, 0.3) is 0 Å². The summed E-state index contributed by atoms with van der Waals surface area (Å²) in [5, 5.41) is 0. The number of carbonyl (C=O) groups excluding carboxylic acids is 1. The van der Waals surface area contributed by atoms with Crippen LogP contribution in [0.4, 0.5) is 5.69 Å². The van der Waals surface area contributed by atoms with Crippen LogP contribution in [-0.2, 0) is 14.8 Å². The zero-order valence-electron chi connectivity index (χ0n) is 10.8. The summed E-state index contributed by atoms with van der Waals surface area (Å²) in [5.74, 6) is 4.69. The third-order valence-electron chi connectivity index (χ3n) is 2.36. The van der Waals surface area contributed by atoms with Crippen LogP contribution in [-0.4, -0.2) is 19.9 Å². The monoisotopic (exact) mass is 286 g/mol. The lowest BCUT2D eigenvalue weighted by molar-refractivity contribution is -0.119. The van der Waals surface area contributed by atoms with Gasteiger partial charge in [0.15, 0.2) is 0 Å². The predicted octanol–water partition coefficient (Wildman–Crippen LogP) is -0.0955. The lowest BCUT2D eigenvalue weighted by atomic mass is 10.0. The van der Waals surface area contributed by atoms with Crippen molar-refractivity contribution in [2.45, 2.75) is 30.7 Å². The smallest absolute Gasteiger partial charge is 0.243 e. The maximum Gasteiger partial charge on any atom is 0.243 e. The number of hydrogen-bond donors (Lipinski definition) is 4. The highest BCUT2D eigenvalue weighted by Crippen LogP contribution is 2.22. The van der Waals surface area contributed by atoms with Crippen molar-refractivity contribution in [1.29, 1.82) is 0 Å². The largest absolute Gasteiger partial charge is 0.370 e. The first-order valence-corrected chi connectivity index (χ1v) is 7.04. The lowest BCUT2D eigenvalue weighted by Gasteiger charge is -2.25. The van der Waals surface area contributed by atoms with Gasteiger partial charge in [-0.2, -0.15) is 0 Å². The Morgan fingerprint density at radius 2 is 1.89 bits per heavy atom. The van der Waals surface area contributed by atoms with Crippen molar-refractivity contribution in [1.82, 2.24) is 4.72 Å². The molecule has 0 aromatic heterocycles. The van der Waals surface area contributed by atoms with Crippen molar-refractivity contribution in [2.24, 2.45) is 11.6 Å². The molecular formula is C11H18N4O3S. The van der Waals surface area contributed by atoms with Crippen LogP contribution in [0.3, 0.4) is 0 Å². The highest BCUT2D eigenvalue weighted by molar-refractivity contribution is 7.89. The van der Waals surface area contributed by atoms with E-state index in [1.807, 2.05) is 0 Å². The number of hydrazine groups is 1. The Balaban J connectivity index is 3.08. The minimum atomic E-state index is -3.81. The summed E-state index contributed by atoms with van der Waals surface area (Å²) in [6.07, 6.45) is -0.107. The molecule has 1 rings (SSSR count). The molecule has 7 nitrogen and oxygen atoms in total. The van der Waals surface area contributed by atoms with E-state index in [0.717, 1.165) is 0 Å². The molecule has 19 heavy (non-hydrogen) atoms. The Morgan fingerprint density at radius 3 is 2.42 bits per heavy atom. The summed E-state index contributed by atoms with van der Waals surface area (Å²) in [4.78, 5) is 10.9. The van der Waals surface area contributed by atoms with Crippen molar-refractivity contribution in [3.8, 4) is 0 Å². The molecule has 0 unspecified atom stereocenters. The van der Waals surface area contributed by atoms with Crippen LogP contribution < -0.4 is 21.7 Å². The lowest BCUT2D eigenvalue weighted by Crippen LogP contribution is -2.46. The van der Waals surface area contributed by atoms with Crippen LogP contribution in [0, 0.1) is 0 Å². The number of para-hydroxylation sites is 1. The normalized spacial score (nSPS) is 12.2. The molecule has 1 aromatic carbocycles. The first-order chi connectivity index (χ1) is 8.68. The Labute approximate surface area is 112 Å². The molecule has 1 aromatic rings. The first kappa shape index (κ1) is 15.4. The third kappa shape index (κ3) is 4.19. The van der Waals surface area contributed by atoms with E-state index < -0.39 is 21.5 Å². The second-order valence-electron chi connectivity index (χ2n) is 4.77. The highest BCUT2D eigenvalue weighted by Gasteiger charge is 2.29. The fraction of sp³-hybridized carbons (Fsp3) is 0.364. The van der Waals surface area contributed by atoms with Gasteiger partial charge < -0.3 is 11.2 Å². The molecule has 0 fully saturated rings. The van der Waals surface area contributed by atoms with Crippen LogP contribution in [0.5, 0.6) is 0 Å². The molecule has 0 heterocycles. The fourth-order valence-corrected chi connectivity index (χ4v) is 3.29. The molecule has 0 atom stereocenters. The highest BCUT2D eigenvalue weighted by atomic mass is 32.2. The number of nitrogens with one attached hydrogen (secondary N) is 2. The summed E-state index contributed by atoms with van der Waals surface area (Å²) in [6.45, 7) is 3.15. The van der Waals surface area contributed by atoms with E-state index >= 15 is 0 Å². The van der Waals surface area contributed by atoms with Gasteiger partial charge in [-0.15, -0.1) is 0 Å². The van der Waals surface area contributed by atoms with E-state index in [-0.39, 0.29) is 17.0 Å². The molecule has 0 spiro atoms. The summed E-state index contributed by atoms with van der Waals surface area (Å²) >= 11 is 0. The quantitative estimate of drug-likeness (QED) is 0.429. The summed E-state index contributed by atoms with van der Waals surface area (Å²) < 4.78 is 26.9. The van der Waals surface area contributed by atoms with Crippen LogP contribution >= 0.6 is 0 Å². The minimum absolute atomic E-state index is 0.00930. The molecule has 0 saturated heterocycles. The SMILES string of the molecule is CC(C)(CC(N)=O)NS(=O)(=O)c1ccccc1NN. The number of hydrogen-bond acceptors (Lipinski definition) is 5. The van der Waals surface area contributed by atoms with Crippen molar-refractivity contribution in [3.63, 3.8) is 0 Å². The number of nitrogens with two attached hydrogens (primary N) is 2. The fourth-order valence-electron chi connectivity index (χ4n) is 1.71. The van der Waals surface area contributed by atoms with Crippen LogP contribution in [0.15, 0.2) is 29.2 Å². The van der Waals surface area contributed by atoms with E-state index in [9.17, 15) is 13.2 Å². The van der Waals surface area contributed by atoms with Gasteiger partial charge in [0.1, 0.15) is 4.90 Å². The van der Waals surface area contributed by atoms with Gasteiger partial charge in [-0.3, -0.25) is 10.6 Å². The molecule has 0 aliphatic heterocycles. The molecule has 0 bridgehead atoms. The van der Waals surface area contributed by atoms with Gasteiger partial charge in [0.25, 0.3) is 0 Å². The summed E-state index contributed by atoms with van der Waals surface area (Å²) in [5.41, 5.74) is 6.69. The maximum atomic E-state index is 12.3. The number of nitrogen functional groups attached to an aromatic ring is 1. The van der Waals surface area contributed by atoms with Gasteiger partial charge in [0.05, 0.1) is 5.69 Å². The number of benzene rings is 1. The van der Waals surface area contributed by atoms with Crippen molar-refractivity contribution in [3.05, 3.63) is 24.3 Å². The van der Waals surface area contributed by atoms with Crippen LogP contribution in [0.2, 0.25) is 0 Å². The Kier molecular flexibility index (Phi) is 4.51. The molecular weight excluding hydrogens is 268 g/mol. The number of carbonyl (C=O) groups is 1. The topological polar surface area (TPSA) is 127 Å². The minimum Gasteiger partial charge on any atom is -0.370 e. The molecule has 0 saturated carbocycles. The molecule has 0 aliphatic carbocycles. The number of primary amides is 1. The predicted molar refractivity (Wildman–Crippen MR) is 72.5 cm³/mol. The maximum absolute atomic E-state index is 12.3. The zero-order valence-corrected chi connectivity index (χ0v) is 11.6. The van der Waals surface area contributed by atoms with Gasteiger partial charge in [-0.1, -0.05) is 12.1 Å². The van der Waals surface area contributed by atoms with Gasteiger partial charge in [-0.05, 0) is 26.0 Å². The van der Waals surface area contributed by atoms with E-state index in [0.29, 0.717) is 0 Å². The second-order valence-corrected chi connectivity index (χ2v) is 6.42. The third-order valence-corrected chi connectivity index (χ3v) is 4.12. The number of sulfonamides is 1. The van der Waals surface area contributed by atoms with Crippen molar-refractivity contribution >= 4 is 21.6 Å². The van der Waals surface area contributed by atoms with Crippen LogP contribution in [0.1, 0.15) is 20.3 Å². The molecule has 6 N–H and O–H groups in total. The van der Waals surface area contributed by atoms with Crippen molar-refractivity contribution < 1.29 is 13.2 Å². The van der Waals surface area contributed by atoms with Gasteiger partial charge in [0.2, 0.25) is 15.9 Å².